The van der Waals surface area contributed by atoms with E-state index in [1.807, 2.05) is 0 Å². The molecular weight excluding hydrogens is 555 g/mol. The second-order valence-corrected chi connectivity index (χ2v) is 6.24. The molecule has 0 spiro atoms. The van der Waals surface area contributed by atoms with Gasteiger partial charge in [-0.05, 0) is 0 Å². The van der Waals surface area contributed by atoms with Gasteiger partial charge in [0.25, 0.3) is 0 Å². The molecule has 0 amide bonds. The maximum absolute atomic E-state index is 13.5. The summed E-state index contributed by atoms with van der Waals surface area (Å²) in [6, 6.07) is 0. The molecule has 0 aliphatic rings. The van der Waals surface area contributed by atoms with Crippen molar-refractivity contribution in [1.82, 2.24) is 0 Å². The minimum absolute atomic E-state index is 0.0389. The van der Waals surface area contributed by atoms with Crippen LogP contribution >= 0.6 is 0 Å². The van der Waals surface area contributed by atoms with Crippen molar-refractivity contribution in [1.29, 1.82) is 0 Å². The molecule has 206 valence electrons. The van der Waals surface area contributed by atoms with Gasteiger partial charge in [0.05, 0.1) is 13.0 Å². The summed E-state index contributed by atoms with van der Waals surface area (Å²) in [5.74, 6) is -61.1. The third-order valence-corrected chi connectivity index (χ3v) is 3.81. The number of carbonyl (C=O) groups excluding carboxylic acids is 1. The first-order valence-corrected chi connectivity index (χ1v) is 7.85. The fourth-order valence-corrected chi connectivity index (χ4v) is 1.82. The largest absolute Gasteiger partial charge is 0.478 e. The fraction of sp³-hybridized carbons (Fsp3) is 0.714. The van der Waals surface area contributed by atoms with Crippen LogP contribution in [0.25, 0.3) is 0 Å². The number of hydrogen-bond donors (Lipinski definition) is 1. The summed E-state index contributed by atoms with van der Waals surface area (Å²) in [6.45, 7) is -2.16. The number of hydrogen-bond acceptors (Lipinski definition) is 3. The number of alkyl halides is 17. The van der Waals surface area contributed by atoms with Gasteiger partial charge in [0.2, 0.25) is 0 Å². The number of carboxylic acid groups (broad SMARTS) is 1. The predicted octanol–water partition coefficient (Wildman–Crippen LogP) is 5.57. The predicted molar refractivity (Wildman–Crippen MR) is 73.0 cm³/mol. The van der Waals surface area contributed by atoms with E-state index in [0.717, 1.165) is 0 Å². The van der Waals surface area contributed by atoms with Crippen LogP contribution in [0.1, 0.15) is 6.42 Å². The lowest BCUT2D eigenvalue weighted by Gasteiger charge is -2.42. The number of rotatable bonds is 11. The summed E-state index contributed by atoms with van der Waals surface area (Å²) in [4.78, 5) is 20.9. The van der Waals surface area contributed by atoms with Gasteiger partial charge in [-0.3, -0.25) is 0 Å². The standard InChI is InChI=1S/C14H7F17O4/c15-7(16,3-4-35-6(34)2-1-5(32)33)8(17,18)9(19,20)10(21,22)11(23,24)12(25,26)13(27,28)14(29,30)31/h1-2H,3-4H2,(H,32,33)/b2-1+. The van der Waals surface area contributed by atoms with Crippen LogP contribution in [0.2, 0.25) is 0 Å². The summed E-state index contributed by atoms with van der Waals surface area (Å²) in [5, 5.41) is 8.12. The monoisotopic (exact) mass is 562 g/mol. The Morgan fingerprint density at radius 3 is 1.26 bits per heavy atom. The van der Waals surface area contributed by atoms with E-state index >= 15 is 0 Å². The van der Waals surface area contributed by atoms with Crippen LogP contribution < -0.4 is 0 Å². The summed E-state index contributed by atoms with van der Waals surface area (Å²) < 4.78 is 225. The summed E-state index contributed by atoms with van der Waals surface area (Å²) in [5.41, 5.74) is 0. The number of esters is 1. The number of carboxylic acids is 1. The van der Waals surface area contributed by atoms with Gasteiger partial charge < -0.3 is 9.84 Å². The van der Waals surface area contributed by atoms with E-state index in [4.69, 9.17) is 5.11 Å². The molecule has 0 saturated heterocycles. The third-order valence-electron chi connectivity index (χ3n) is 3.81. The Labute approximate surface area is 180 Å². The van der Waals surface area contributed by atoms with Crippen molar-refractivity contribution in [3.63, 3.8) is 0 Å². The fourth-order valence-electron chi connectivity index (χ4n) is 1.82. The van der Waals surface area contributed by atoms with Gasteiger partial charge in [0.1, 0.15) is 0 Å². The molecule has 0 fully saturated rings. The van der Waals surface area contributed by atoms with Gasteiger partial charge in [-0.1, -0.05) is 0 Å². The first-order valence-electron chi connectivity index (χ1n) is 7.85. The molecular formula is C14H7F17O4. The lowest BCUT2D eigenvalue weighted by molar-refractivity contribution is -0.461. The molecule has 0 bridgehead atoms. The molecule has 0 atom stereocenters. The number of carbonyl (C=O) groups is 2. The Hall–Kier alpha value is -2.51. The zero-order chi connectivity index (χ0) is 28.7. The molecule has 0 radical (unpaired) electrons. The molecule has 0 aliphatic heterocycles. The topological polar surface area (TPSA) is 63.6 Å². The van der Waals surface area contributed by atoms with Crippen LogP contribution in [0, 0.1) is 0 Å². The highest BCUT2D eigenvalue weighted by atomic mass is 19.4. The smallest absolute Gasteiger partial charge is 0.460 e. The number of aliphatic carboxylic acids is 1. The van der Waals surface area contributed by atoms with E-state index in [9.17, 15) is 84.2 Å². The molecule has 0 aromatic rings. The average molecular weight is 562 g/mol. The van der Waals surface area contributed by atoms with Gasteiger partial charge in [-0.15, -0.1) is 0 Å². The molecule has 4 nitrogen and oxygen atoms in total. The van der Waals surface area contributed by atoms with Crippen molar-refractivity contribution in [2.24, 2.45) is 0 Å². The minimum atomic E-state index is -8.73. The SMILES string of the molecule is O=C(O)/C=C/C(=O)OCCC(F)(F)C(F)(F)C(F)(F)C(F)(F)C(F)(F)C(F)(F)C(F)(F)C(F)(F)F. The molecule has 0 saturated carbocycles. The zero-order valence-corrected chi connectivity index (χ0v) is 15.7. The normalized spacial score (nSPS) is 15.5. The van der Waals surface area contributed by atoms with E-state index < -0.39 is 72.6 Å². The molecule has 0 heterocycles. The van der Waals surface area contributed by atoms with Gasteiger partial charge in [-0.25, -0.2) is 9.59 Å². The van der Waals surface area contributed by atoms with E-state index in [0.29, 0.717) is 0 Å². The van der Waals surface area contributed by atoms with Crippen molar-refractivity contribution < 1.29 is 94.1 Å². The molecule has 21 heteroatoms. The Bertz CT molecular complexity index is 827. The molecule has 1 N–H and O–H groups in total. The molecule has 35 heavy (non-hydrogen) atoms. The summed E-state index contributed by atoms with van der Waals surface area (Å²) in [7, 11) is 0. The number of halogens is 17. The second kappa shape index (κ2) is 9.17. The molecule has 0 rings (SSSR count). The van der Waals surface area contributed by atoms with E-state index in [1.165, 1.54) is 0 Å². The van der Waals surface area contributed by atoms with Crippen LogP contribution in [-0.4, -0.2) is 71.3 Å². The maximum Gasteiger partial charge on any atom is 0.460 e. The Kier molecular flexibility index (Phi) is 8.52. The van der Waals surface area contributed by atoms with Crippen molar-refractivity contribution in [2.75, 3.05) is 6.61 Å². The van der Waals surface area contributed by atoms with Crippen LogP contribution in [0.4, 0.5) is 74.6 Å². The van der Waals surface area contributed by atoms with Crippen molar-refractivity contribution in [3.8, 4) is 0 Å². The van der Waals surface area contributed by atoms with Crippen LogP contribution in [0.5, 0.6) is 0 Å². The second-order valence-electron chi connectivity index (χ2n) is 6.24. The van der Waals surface area contributed by atoms with E-state index in [-0.39, 0.29) is 12.2 Å². The lowest BCUT2D eigenvalue weighted by atomic mass is 9.88. The van der Waals surface area contributed by atoms with Gasteiger partial charge in [0, 0.05) is 12.2 Å². The van der Waals surface area contributed by atoms with Crippen molar-refractivity contribution >= 4 is 11.9 Å². The van der Waals surface area contributed by atoms with Crippen LogP contribution in [0.15, 0.2) is 12.2 Å². The van der Waals surface area contributed by atoms with E-state index in [2.05, 4.69) is 4.74 Å². The highest BCUT2D eigenvalue weighted by Gasteiger charge is 2.95. The van der Waals surface area contributed by atoms with Gasteiger partial charge in [-0.2, -0.15) is 74.6 Å². The lowest BCUT2D eigenvalue weighted by Crippen LogP contribution is -2.74. The zero-order valence-electron chi connectivity index (χ0n) is 15.7. The highest BCUT2D eigenvalue weighted by molar-refractivity contribution is 5.90. The maximum atomic E-state index is 13.5. The molecule has 0 unspecified atom stereocenters. The quantitative estimate of drug-likeness (QED) is 0.203. The number of ether oxygens (including phenoxy) is 1. The van der Waals surface area contributed by atoms with Crippen molar-refractivity contribution in [3.05, 3.63) is 12.2 Å². The highest BCUT2D eigenvalue weighted by Crippen LogP contribution is 2.64. The van der Waals surface area contributed by atoms with Crippen LogP contribution in [-0.2, 0) is 14.3 Å². The molecule has 0 aromatic carbocycles. The van der Waals surface area contributed by atoms with Gasteiger partial charge in [0.15, 0.2) is 0 Å². The molecule has 0 aliphatic carbocycles. The van der Waals surface area contributed by atoms with E-state index in [1.54, 1.807) is 0 Å². The van der Waals surface area contributed by atoms with Crippen LogP contribution in [0.3, 0.4) is 0 Å². The van der Waals surface area contributed by atoms with Crippen molar-refractivity contribution in [2.45, 2.75) is 54.1 Å². The third kappa shape index (κ3) is 5.21. The minimum Gasteiger partial charge on any atom is -0.478 e. The Morgan fingerprint density at radius 1 is 0.571 bits per heavy atom. The molecule has 0 aromatic heterocycles. The first-order chi connectivity index (χ1) is 15.1. The first kappa shape index (κ1) is 32.5. The summed E-state index contributed by atoms with van der Waals surface area (Å²) >= 11 is 0. The Balaban J connectivity index is 6.21. The van der Waals surface area contributed by atoms with Gasteiger partial charge >= 0.3 is 59.6 Å². The average Bonchev–Trinajstić information content (AvgIpc) is 2.64. The summed E-state index contributed by atoms with van der Waals surface area (Å²) in [6.07, 6.45) is -10.9. The Morgan fingerprint density at radius 2 is 0.914 bits per heavy atom.